The molecule has 3 N–H and O–H groups in total. The van der Waals surface area contributed by atoms with Crippen molar-refractivity contribution < 1.29 is 28.1 Å². The van der Waals surface area contributed by atoms with Crippen molar-refractivity contribution in [3.05, 3.63) is 0 Å². The van der Waals surface area contributed by atoms with Crippen LogP contribution < -0.4 is 0 Å². The van der Waals surface area contributed by atoms with Crippen molar-refractivity contribution in [3.8, 4) is 0 Å². The van der Waals surface area contributed by atoms with E-state index < -0.39 is 14.8 Å². The predicted octanol–water partition coefficient (Wildman–Crippen LogP) is -0.862. The fraction of sp³-hybridized carbons (Fsp3) is 0. The Morgan fingerprint density at radius 3 is 1.36 bits per heavy atom. The Morgan fingerprint density at radius 2 is 1.36 bits per heavy atom. The van der Waals surface area contributed by atoms with Gasteiger partial charge in [0.05, 0.1) is 0 Å². The van der Waals surface area contributed by atoms with E-state index in [1.807, 2.05) is 0 Å². The van der Waals surface area contributed by atoms with Gasteiger partial charge >= 0.3 is 73.9 Å². The molecule has 0 aromatic carbocycles. The molecule has 0 aliphatic carbocycles. The van der Waals surface area contributed by atoms with Crippen molar-refractivity contribution in [2.75, 3.05) is 0 Å². The third kappa shape index (κ3) is 19.1. The summed E-state index contributed by atoms with van der Waals surface area (Å²) in [7, 11) is -4.93. The third-order valence-corrected chi connectivity index (χ3v) is 2.42. The Morgan fingerprint density at radius 1 is 1.09 bits per heavy atom. The Balaban J connectivity index is -0.000000320. The molecule has 0 saturated heterocycles. The van der Waals surface area contributed by atoms with E-state index in [1.165, 1.54) is 0 Å². The van der Waals surface area contributed by atoms with Crippen molar-refractivity contribution in [2.24, 2.45) is 0 Å². The molecule has 0 fully saturated rings. The zero-order chi connectivity index (χ0) is 7.71. The monoisotopic (exact) mass is 244 g/mol. The van der Waals surface area contributed by atoms with E-state index >= 15 is 0 Å². The molecule has 60 valence electrons. The molecule has 0 rings (SSSR count). The van der Waals surface area contributed by atoms with Crippen molar-refractivity contribution >= 4 is 85.1 Å². The van der Waals surface area contributed by atoms with Crippen LogP contribution in [0.3, 0.4) is 0 Å². The second-order valence-electron chi connectivity index (χ2n) is 1.02. The van der Waals surface area contributed by atoms with Crippen LogP contribution >= 0.6 is 26.0 Å². The average Bonchev–Trinajstić information content (AvgIpc) is 1.14. The Kier molecular flexibility index (Phi) is 12.2. The summed E-state index contributed by atoms with van der Waals surface area (Å²) in [4.78, 5) is 23.6. The molecule has 0 amide bonds. The molecular formula is H5ClNa2O6P2. The van der Waals surface area contributed by atoms with Crippen LogP contribution in [0.25, 0.3) is 0 Å². The van der Waals surface area contributed by atoms with Crippen LogP contribution in [0.15, 0.2) is 0 Å². The molecule has 6 nitrogen and oxygen atoms in total. The first-order valence-corrected chi connectivity index (χ1v) is 5.51. The molecule has 0 radical (unpaired) electrons. The number of halogens is 1. The van der Waals surface area contributed by atoms with Crippen LogP contribution in [0.5, 0.6) is 0 Å². The number of hydrogen-bond donors (Lipinski definition) is 3. The molecule has 0 spiro atoms. The fourth-order valence-electron chi connectivity index (χ4n) is 0.131. The summed E-state index contributed by atoms with van der Waals surface area (Å²) >= 11 is 4.41. The van der Waals surface area contributed by atoms with Crippen molar-refractivity contribution in [1.82, 2.24) is 0 Å². The molecule has 0 aliphatic heterocycles. The first-order valence-electron chi connectivity index (χ1n) is 1.50. The number of hydrogen-bond acceptors (Lipinski definition) is 3. The van der Waals surface area contributed by atoms with Crippen molar-refractivity contribution in [3.63, 3.8) is 0 Å². The maximum absolute atomic E-state index is 9.84. The first-order chi connectivity index (χ1) is 3.71. The topological polar surface area (TPSA) is 104 Å². The summed E-state index contributed by atoms with van der Waals surface area (Å²) in [6, 6.07) is 0. The minimum absolute atomic E-state index is 0. The average molecular weight is 244 g/mol. The fourth-order valence-corrected chi connectivity index (χ4v) is 1.90. The summed E-state index contributed by atoms with van der Waals surface area (Å²) < 4.78 is 22.7. The van der Waals surface area contributed by atoms with Crippen LogP contribution in [0.2, 0.25) is 0 Å². The van der Waals surface area contributed by atoms with Gasteiger partial charge in [-0.05, 0) is 0 Å². The summed E-state index contributed by atoms with van der Waals surface area (Å²) in [6.45, 7) is -4.58. The number of phosphoric acid groups is 1. The van der Waals surface area contributed by atoms with E-state index in [9.17, 15) is 9.13 Å². The van der Waals surface area contributed by atoms with Gasteiger partial charge in [-0.2, -0.15) is 4.31 Å². The predicted molar refractivity (Wildman–Crippen MR) is 43.1 cm³/mol. The molecule has 11 heteroatoms. The van der Waals surface area contributed by atoms with Gasteiger partial charge in [0.2, 0.25) is 0 Å². The standard InChI is InChI=1S/ClH3O6P2.2Na.2H/c1-8(2,3)7-9(4,5)6;;;;/h(H,2,3)(H2,4,5,6);;;;. The Bertz CT molecular complexity index is 159. The number of rotatable bonds is 2. The molecule has 11 heavy (non-hydrogen) atoms. The normalized spacial score (nSPS) is 15.6. The molecule has 0 heterocycles. The summed E-state index contributed by atoms with van der Waals surface area (Å²) in [5, 5.41) is 0. The van der Waals surface area contributed by atoms with Gasteiger partial charge in [-0.25, -0.2) is 9.13 Å². The van der Waals surface area contributed by atoms with E-state index in [-0.39, 0.29) is 59.1 Å². The molecule has 0 saturated carbocycles. The van der Waals surface area contributed by atoms with E-state index in [4.69, 9.17) is 14.7 Å². The second-order valence-corrected chi connectivity index (χ2v) is 4.84. The minimum atomic E-state index is -4.93. The van der Waals surface area contributed by atoms with Gasteiger partial charge in [0.25, 0.3) is 0 Å². The third-order valence-electron chi connectivity index (χ3n) is 0.207. The van der Waals surface area contributed by atoms with E-state index in [1.54, 1.807) is 0 Å². The van der Waals surface area contributed by atoms with E-state index in [0.29, 0.717) is 0 Å². The Hall–Kier alpha value is 2.59. The maximum atomic E-state index is 9.84. The molecule has 0 aliphatic rings. The van der Waals surface area contributed by atoms with Gasteiger partial charge in [-0.1, -0.05) is 0 Å². The summed E-state index contributed by atoms with van der Waals surface area (Å²) in [5.41, 5.74) is 0. The SMILES string of the molecule is O=P(O)(O)OP(=O)(O)Cl.[NaH].[NaH]. The van der Waals surface area contributed by atoms with Crippen LogP contribution in [0.4, 0.5) is 0 Å². The van der Waals surface area contributed by atoms with Gasteiger partial charge in [0.15, 0.2) is 0 Å². The molecule has 0 bridgehead atoms. The van der Waals surface area contributed by atoms with Crippen molar-refractivity contribution in [2.45, 2.75) is 0 Å². The molecule has 1 atom stereocenters. The van der Waals surface area contributed by atoms with Crippen LogP contribution in [0.1, 0.15) is 0 Å². The van der Waals surface area contributed by atoms with Gasteiger partial charge in [0.1, 0.15) is 0 Å². The molecular weight excluding hydrogens is 239 g/mol. The van der Waals surface area contributed by atoms with E-state index in [2.05, 4.69) is 15.6 Å². The van der Waals surface area contributed by atoms with Gasteiger partial charge in [-0.15, -0.1) is 0 Å². The van der Waals surface area contributed by atoms with Crippen LogP contribution in [-0.2, 0) is 13.4 Å². The molecule has 1 unspecified atom stereocenters. The molecule has 0 aromatic rings. The zero-order valence-corrected chi connectivity index (χ0v) is 6.38. The van der Waals surface area contributed by atoms with Gasteiger partial charge in [-0.3, -0.25) is 0 Å². The Labute approximate surface area is 112 Å². The van der Waals surface area contributed by atoms with Crippen molar-refractivity contribution in [1.29, 1.82) is 0 Å². The second kappa shape index (κ2) is 6.96. The van der Waals surface area contributed by atoms with Gasteiger partial charge < -0.3 is 14.7 Å². The van der Waals surface area contributed by atoms with Gasteiger partial charge in [0, 0.05) is 11.2 Å². The molecule has 0 aromatic heterocycles. The van der Waals surface area contributed by atoms with Crippen LogP contribution in [-0.4, -0.2) is 73.8 Å². The summed E-state index contributed by atoms with van der Waals surface area (Å²) in [5.74, 6) is 0. The zero-order valence-electron chi connectivity index (χ0n) is 3.84. The van der Waals surface area contributed by atoms with Crippen LogP contribution in [0, 0.1) is 0 Å². The first kappa shape index (κ1) is 19.2. The quantitative estimate of drug-likeness (QED) is 0.431. The van der Waals surface area contributed by atoms with E-state index in [0.717, 1.165) is 0 Å². The summed E-state index contributed by atoms with van der Waals surface area (Å²) in [6.07, 6.45) is 0.